The number of aliphatic hydroxyl groups excluding tert-OH is 1. The molecule has 1 fully saturated rings. The maximum Gasteiger partial charge on any atom is 0.258 e. The quantitative estimate of drug-likeness (QED) is 0.421. The van der Waals surface area contributed by atoms with Crippen LogP contribution in [0, 0.1) is 0 Å². The number of aromatic amines is 1. The van der Waals surface area contributed by atoms with E-state index in [1.165, 1.54) is 16.5 Å². The number of pyridine rings is 2. The van der Waals surface area contributed by atoms with E-state index in [1.54, 1.807) is 17.0 Å². The Labute approximate surface area is 206 Å². The molecule has 1 aliphatic rings. The minimum atomic E-state index is -0.0289. The fraction of sp³-hybridized carbons (Fsp3) is 0.379. The van der Waals surface area contributed by atoms with Crippen LogP contribution in [0.3, 0.4) is 0 Å². The first-order valence-electron chi connectivity index (χ1n) is 12.6. The van der Waals surface area contributed by atoms with E-state index in [0.29, 0.717) is 17.4 Å². The molecule has 0 amide bonds. The third kappa shape index (κ3) is 4.56. The van der Waals surface area contributed by atoms with Gasteiger partial charge >= 0.3 is 0 Å². The molecule has 0 bridgehead atoms. The average Bonchev–Trinajstić information content (AvgIpc) is 3.26. The van der Waals surface area contributed by atoms with E-state index in [9.17, 15) is 9.90 Å². The zero-order valence-electron chi connectivity index (χ0n) is 20.8. The largest absolute Gasteiger partial charge is 0.395 e. The van der Waals surface area contributed by atoms with Gasteiger partial charge in [-0.15, -0.1) is 0 Å². The van der Waals surface area contributed by atoms with Crippen LogP contribution < -0.4 is 5.56 Å². The second-order valence-corrected chi connectivity index (χ2v) is 10.0. The standard InChI is InChI=1S/C29H34N4O2/c1-19(2)27-25-15-21(20-8-11-33(12-9-20)13-14-34)6-7-26(25)31-28(27)23-16-24(29(35)32(3)18-23)22-5-4-10-30-17-22/h4-7,10,15-20,31,34H,8-9,11-14H2,1-3H3. The van der Waals surface area contributed by atoms with Gasteiger partial charge in [0.25, 0.3) is 5.56 Å². The minimum absolute atomic E-state index is 0.0289. The highest BCUT2D eigenvalue weighted by Gasteiger charge is 2.23. The molecule has 2 N–H and O–H groups in total. The number of aryl methyl sites for hydroxylation is 1. The predicted octanol–water partition coefficient (Wildman–Crippen LogP) is 4.89. The average molecular weight is 471 g/mol. The van der Waals surface area contributed by atoms with E-state index in [4.69, 9.17) is 0 Å². The number of likely N-dealkylation sites (tertiary alicyclic amines) is 1. The minimum Gasteiger partial charge on any atom is -0.395 e. The first-order valence-corrected chi connectivity index (χ1v) is 12.6. The first-order chi connectivity index (χ1) is 17.0. The highest BCUT2D eigenvalue weighted by molar-refractivity contribution is 5.92. The van der Waals surface area contributed by atoms with Crippen molar-refractivity contribution in [2.45, 2.75) is 38.5 Å². The lowest BCUT2D eigenvalue weighted by molar-refractivity contribution is 0.164. The summed E-state index contributed by atoms with van der Waals surface area (Å²) in [5.41, 5.74) is 7.34. The molecule has 35 heavy (non-hydrogen) atoms. The van der Waals surface area contributed by atoms with E-state index in [0.717, 1.165) is 54.8 Å². The van der Waals surface area contributed by atoms with Gasteiger partial charge in [-0.2, -0.15) is 0 Å². The molecular weight excluding hydrogens is 436 g/mol. The molecule has 0 saturated carbocycles. The molecule has 1 aliphatic heterocycles. The number of fused-ring (bicyclic) bond motifs is 1. The number of H-pyrrole nitrogens is 1. The van der Waals surface area contributed by atoms with Crippen molar-refractivity contribution in [3.8, 4) is 22.4 Å². The summed E-state index contributed by atoms with van der Waals surface area (Å²) in [5.74, 6) is 0.863. The molecule has 182 valence electrons. The van der Waals surface area contributed by atoms with Gasteiger partial charge in [0.15, 0.2) is 0 Å². The molecule has 6 nitrogen and oxygen atoms in total. The van der Waals surface area contributed by atoms with Crippen molar-refractivity contribution in [1.29, 1.82) is 0 Å². The van der Waals surface area contributed by atoms with Crippen LogP contribution in [0.25, 0.3) is 33.3 Å². The zero-order valence-corrected chi connectivity index (χ0v) is 20.8. The van der Waals surface area contributed by atoms with Crippen molar-refractivity contribution < 1.29 is 5.11 Å². The highest BCUT2D eigenvalue weighted by Crippen LogP contribution is 2.38. The van der Waals surface area contributed by atoms with Crippen LogP contribution in [0.15, 0.2) is 59.8 Å². The lowest BCUT2D eigenvalue weighted by Gasteiger charge is -2.31. The molecule has 1 aromatic carbocycles. The molecule has 4 heterocycles. The third-order valence-corrected chi connectivity index (χ3v) is 7.36. The van der Waals surface area contributed by atoms with Gasteiger partial charge in [-0.1, -0.05) is 26.0 Å². The summed E-state index contributed by atoms with van der Waals surface area (Å²) in [7, 11) is 1.81. The van der Waals surface area contributed by atoms with Gasteiger partial charge in [0.05, 0.1) is 12.3 Å². The fourth-order valence-corrected chi connectivity index (χ4v) is 5.52. The van der Waals surface area contributed by atoms with Crippen LogP contribution in [0.4, 0.5) is 0 Å². The summed E-state index contributed by atoms with van der Waals surface area (Å²) in [6.45, 7) is 7.53. The molecule has 0 radical (unpaired) electrons. The summed E-state index contributed by atoms with van der Waals surface area (Å²) in [4.78, 5) is 23.2. The number of aromatic nitrogens is 3. The molecule has 5 rings (SSSR count). The maximum atomic E-state index is 12.9. The van der Waals surface area contributed by atoms with Crippen LogP contribution in [-0.4, -0.2) is 50.8 Å². The van der Waals surface area contributed by atoms with Crippen molar-refractivity contribution in [2.24, 2.45) is 7.05 Å². The number of β-amino-alcohol motifs (C(OH)–C–C–N with tert-alkyl or cyclic N) is 1. The maximum absolute atomic E-state index is 12.9. The lowest BCUT2D eigenvalue weighted by atomic mass is 9.87. The van der Waals surface area contributed by atoms with Crippen LogP contribution in [0.5, 0.6) is 0 Å². The fourth-order valence-electron chi connectivity index (χ4n) is 5.52. The Hall–Kier alpha value is -3.22. The number of rotatable bonds is 6. The van der Waals surface area contributed by atoms with Crippen LogP contribution in [0.2, 0.25) is 0 Å². The van der Waals surface area contributed by atoms with E-state index >= 15 is 0 Å². The number of aliphatic hydroxyl groups is 1. The number of benzene rings is 1. The second kappa shape index (κ2) is 9.80. The monoisotopic (exact) mass is 470 g/mol. The van der Waals surface area contributed by atoms with Crippen molar-refractivity contribution >= 4 is 10.9 Å². The Morgan fingerprint density at radius 3 is 2.63 bits per heavy atom. The molecule has 0 aliphatic carbocycles. The van der Waals surface area contributed by atoms with Crippen molar-refractivity contribution in [2.75, 3.05) is 26.2 Å². The van der Waals surface area contributed by atoms with Crippen molar-refractivity contribution in [3.63, 3.8) is 0 Å². The van der Waals surface area contributed by atoms with E-state index in [1.807, 2.05) is 31.4 Å². The SMILES string of the molecule is CC(C)c1c(-c2cc(-c3cccnc3)c(=O)n(C)c2)[nH]c2ccc(C3CCN(CCO)CC3)cc12. The van der Waals surface area contributed by atoms with Gasteiger partial charge in [0, 0.05) is 59.8 Å². The summed E-state index contributed by atoms with van der Waals surface area (Å²) < 4.78 is 1.67. The normalized spacial score (nSPS) is 15.3. The van der Waals surface area contributed by atoms with Gasteiger partial charge in [0.1, 0.15) is 0 Å². The van der Waals surface area contributed by atoms with E-state index < -0.39 is 0 Å². The summed E-state index contributed by atoms with van der Waals surface area (Å²) >= 11 is 0. The number of piperidine rings is 1. The Bertz CT molecular complexity index is 1380. The number of hydrogen-bond acceptors (Lipinski definition) is 4. The Morgan fingerprint density at radius 2 is 1.94 bits per heavy atom. The molecular formula is C29H34N4O2. The van der Waals surface area contributed by atoms with Crippen LogP contribution in [-0.2, 0) is 7.05 Å². The Kier molecular flexibility index (Phi) is 6.58. The smallest absolute Gasteiger partial charge is 0.258 e. The molecule has 6 heteroatoms. The predicted molar refractivity (Wildman–Crippen MR) is 142 cm³/mol. The van der Waals surface area contributed by atoms with Gasteiger partial charge < -0.3 is 19.6 Å². The van der Waals surface area contributed by atoms with E-state index in [-0.39, 0.29) is 12.2 Å². The molecule has 0 unspecified atom stereocenters. The van der Waals surface area contributed by atoms with Gasteiger partial charge in [-0.3, -0.25) is 9.78 Å². The summed E-state index contributed by atoms with van der Waals surface area (Å²) in [6, 6.07) is 12.6. The van der Waals surface area contributed by atoms with Gasteiger partial charge in [0.2, 0.25) is 0 Å². The summed E-state index contributed by atoms with van der Waals surface area (Å²) in [6.07, 6.45) is 7.63. The van der Waals surface area contributed by atoms with Crippen LogP contribution >= 0.6 is 0 Å². The zero-order chi connectivity index (χ0) is 24.5. The van der Waals surface area contributed by atoms with Crippen molar-refractivity contribution in [1.82, 2.24) is 19.4 Å². The van der Waals surface area contributed by atoms with Gasteiger partial charge in [-0.25, -0.2) is 0 Å². The first kappa shape index (κ1) is 23.5. The molecule has 4 aromatic rings. The highest BCUT2D eigenvalue weighted by atomic mass is 16.3. The number of hydrogen-bond donors (Lipinski definition) is 2. The van der Waals surface area contributed by atoms with E-state index in [2.05, 4.69) is 46.9 Å². The van der Waals surface area contributed by atoms with Crippen molar-refractivity contribution in [3.05, 3.63) is 76.5 Å². The second-order valence-electron chi connectivity index (χ2n) is 10.0. The van der Waals surface area contributed by atoms with Crippen LogP contribution in [0.1, 0.15) is 49.7 Å². The lowest BCUT2D eigenvalue weighted by Crippen LogP contribution is -2.34. The third-order valence-electron chi connectivity index (χ3n) is 7.36. The van der Waals surface area contributed by atoms with Gasteiger partial charge in [-0.05, 0) is 73.2 Å². The summed E-state index contributed by atoms with van der Waals surface area (Å²) in [5, 5.41) is 10.5. The molecule has 0 atom stereocenters. The molecule has 3 aromatic heterocycles. The number of nitrogens with one attached hydrogen (secondary N) is 1. The Morgan fingerprint density at radius 1 is 1.14 bits per heavy atom. The number of nitrogens with zero attached hydrogens (tertiary/aromatic N) is 3. The molecule has 1 saturated heterocycles. The topological polar surface area (TPSA) is 74.2 Å². The Balaban J connectivity index is 1.57. The molecule has 0 spiro atoms.